The molecule has 1 fully saturated rings. The monoisotopic (exact) mass is 198 g/mol. The molecule has 84 valence electrons. The second-order valence-electron chi connectivity index (χ2n) is 5.16. The Morgan fingerprint density at radius 1 is 1.21 bits per heavy atom. The predicted octanol–water partition coefficient (Wildman–Crippen LogP) is 2.24. The summed E-state index contributed by atoms with van der Waals surface area (Å²) >= 11 is 0. The molecule has 2 heteroatoms. The molecule has 0 aromatic rings. The molecular formula is C12H26N2. The molecule has 0 aliphatic carbocycles. The molecule has 1 aliphatic heterocycles. The molecule has 14 heavy (non-hydrogen) atoms. The molecule has 0 unspecified atom stereocenters. The third kappa shape index (κ3) is 2.96. The molecule has 0 radical (unpaired) electrons. The van der Waals surface area contributed by atoms with Crippen LogP contribution in [0.2, 0.25) is 0 Å². The maximum absolute atomic E-state index is 6.22. The Balaban J connectivity index is 2.04. The van der Waals surface area contributed by atoms with Gasteiger partial charge in [-0.3, -0.25) is 4.90 Å². The van der Waals surface area contributed by atoms with Crippen molar-refractivity contribution in [1.29, 1.82) is 0 Å². The maximum atomic E-state index is 6.22. The zero-order chi connectivity index (χ0) is 10.6. The lowest BCUT2D eigenvalue weighted by molar-refractivity contribution is 0.0366. The van der Waals surface area contributed by atoms with Gasteiger partial charge in [-0.1, -0.05) is 40.0 Å². The van der Waals surface area contributed by atoms with E-state index < -0.39 is 0 Å². The maximum Gasteiger partial charge on any atom is 0.0435 e. The Bertz CT molecular complexity index is 160. The van der Waals surface area contributed by atoms with Gasteiger partial charge in [0, 0.05) is 18.6 Å². The molecular weight excluding hydrogens is 172 g/mol. The minimum Gasteiger partial charge on any atom is -0.323 e. The van der Waals surface area contributed by atoms with Crippen molar-refractivity contribution in [2.24, 2.45) is 11.7 Å². The molecule has 0 saturated carbocycles. The summed E-state index contributed by atoms with van der Waals surface area (Å²) in [6, 6.07) is 0. The Labute approximate surface area is 88.8 Å². The molecule has 0 bridgehead atoms. The predicted molar refractivity (Wildman–Crippen MR) is 62.3 cm³/mol. The molecule has 0 aromatic carbocycles. The molecule has 1 heterocycles. The molecule has 1 rings (SSSR count). The minimum atomic E-state index is 0.116. The summed E-state index contributed by atoms with van der Waals surface area (Å²) in [7, 11) is 0. The molecule has 0 atom stereocenters. The van der Waals surface area contributed by atoms with Crippen molar-refractivity contribution in [2.75, 3.05) is 19.6 Å². The van der Waals surface area contributed by atoms with Gasteiger partial charge in [0.2, 0.25) is 0 Å². The van der Waals surface area contributed by atoms with E-state index in [-0.39, 0.29) is 5.54 Å². The van der Waals surface area contributed by atoms with Crippen LogP contribution in [0.5, 0.6) is 0 Å². The van der Waals surface area contributed by atoms with Crippen LogP contribution >= 0.6 is 0 Å². The van der Waals surface area contributed by atoms with Gasteiger partial charge >= 0.3 is 0 Å². The third-order valence-corrected chi connectivity index (χ3v) is 3.51. The fraction of sp³-hybridized carbons (Fsp3) is 1.00. The van der Waals surface area contributed by atoms with Crippen molar-refractivity contribution in [3.8, 4) is 0 Å². The highest BCUT2D eigenvalue weighted by Gasteiger charge is 2.41. The summed E-state index contributed by atoms with van der Waals surface area (Å²) in [6.07, 6.45) is 5.44. The van der Waals surface area contributed by atoms with Crippen LogP contribution in [0.4, 0.5) is 0 Å². The number of rotatable bonds is 6. The molecule has 0 amide bonds. The van der Waals surface area contributed by atoms with Crippen LogP contribution < -0.4 is 5.73 Å². The van der Waals surface area contributed by atoms with Crippen molar-refractivity contribution in [2.45, 2.75) is 52.0 Å². The zero-order valence-electron chi connectivity index (χ0n) is 10.1. The largest absolute Gasteiger partial charge is 0.323 e. The number of unbranched alkanes of at least 4 members (excludes halogenated alkanes) is 3. The van der Waals surface area contributed by atoms with E-state index in [0.29, 0.717) is 5.92 Å². The van der Waals surface area contributed by atoms with E-state index in [9.17, 15) is 0 Å². The van der Waals surface area contributed by atoms with E-state index in [1.807, 2.05) is 0 Å². The molecule has 0 spiro atoms. The number of hydrogen-bond donors (Lipinski definition) is 1. The van der Waals surface area contributed by atoms with Crippen LogP contribution in [0.3, 0.4) is 0 Å². The number of nitrogens with zero attached hydrogens (tertiary/aromatic N) is 1. The van der Waals surface area contributed by atoms with Gasteiger partial charge in [0.1, 0.15) is 0 Å². The molecule has 1 saturated heterocycles. The summed E-state index contributed by atoms with van der Waals surface area (Å²) in [5.41, 5.74) is 6.34. The third-order valence-electron chi connectivity index (χ3n) is 3.51. The number of nitrogens with two attached hydrogens (primary N) is 1. The van der Waals surface area contributed by atoms with E-state index >= 15 is 0 Å². The van der Waals surface area contributed by atoms with E-state index in [4.69, 9.17) is 5.73 Å². The first-order valence-corrected chi connectivity index (χ1v) is 6.09. The number of likely N-dealkylation sites (tertiary alicyclic amines) is 1. The molecule has 0 aromatic heterocycles. The fourth-order valence-corrected chi connectivity index (χ4v) is 2.07. The van der Waals surface area contributed by atoms with Gasteiger partial charge in [-0.2, -0.15) is 0 Å². The second-order valence-corrected chi connectivity index (χ2v) is 5.16. The average molecular weight is 198 g/mol. The van der Waals surface area contributed by atoms with Gasteiger partial charge in [0.25, 0.3) is 0 Å². The zero-order valence-corrected chi connectivity index (χ0v) is 10.1. The lowest BCUT2D eigenvalue weighted by Crippen LogP contribution is -2.69. The van der Waals surface area contributed by atoms with E-state index in [2.05, 4.69) is 25.7 Å². The van der Waals surface area contributed by atoms with Gasteiger partial charge in [-0.05, 0) is 18.9 Å². The average Bonchev–Trinajstić information content (AvgIpc) is 2.08. The van der Waals surface area contributed by atoms with Gasteiger partial charge in [-0.15, -0.1) is 0 Å². The topological polar surface area (TPSA) is 29.3 Å². The van der Waals surface area contributed by atoms with Crippen LogP contribution in [0.1, 0.15) is 46.5 Å². The first kappa shape index (κ1) is 12.0. The first-order chi connectivity index (χ1) is 6.58. The summed E-state index contributed by atoms with van der Waals surface area (Å²) in [6.45, 7) is 10.2. The quantitative estimate of drug-likeness (QED) is 0.663. The van der Waals surface area contributed by atoms with Crippen molar-refractivity contribution in [1.82, 2.24) is 4.90 Å². The van der Waals surface area contributed by atoms with Crippen LogP contribution in [0.15, 0.2) is 0 Å². The van der Waals surface area contributed by atoms with Crippen molar-refractivity contribution < 1.29 is 0 Å². The van der Waals surface area contributed by atoms with Gasteiger partial charge in [0.05, 0.1) is 0 Å². The second kappa shape index (κ2) is 5.13. The Kier molecular flexibility index (Phi) is 4.39. The van der Waals surface area contributed by atoms with E-state index in [1.54, 1.807) is 0 Å². The van der Waals surface area contributed by atoms with E-state index in [1.165, 1.54) is 32.2 Å². The van der Waals surface area contributed by atoms with E-state index in [0.717, 1.165) is 13.1 Å². The lowest BCUT2D eigenvalue weighted by Gasteiger charge is -2.50. The highest BCUT2D eigenvalue weighted by molar-refractivity contribution is 5.01. The molecule has 2 nitrogen and oxygen atoms in total. The van der Waals surface area contributed by atoms with Crippen LogP contribution in [-0.4, -0.2) is 30.1 Å². The molecule has 1 aliphatic rings. The van der Waals surface area contributed by atoms with Crippen molar-refractivity contribution in [3.05, 3.63) is 0 Å². The van der Waals surface area contributed by atoms with Crippen LogP contribution in [0.25, 0.3) is 0 Å². The summed E-state index contributed by atoms with van der Waals surface area (Å²) in [4.78, 5) is 2.50. The minimum absolute atomic E-state index is 0.116. The SMILES string of the molecule is CCCCCCN1CC(N)(C(C)C)C1. The Morgan fingerprint density at radius 2 is 1.86 bits per heavy atom. The first-order valence-electron chi connectivity index (χ1n) is 6.09. The van der Waals surface area contributed by atoms with Gasteiger partial charge < -0.3 is 5.73 Å². The van der Waals surface area contributed by atoms with Crippen LogP contribution in [-0.2, 0) is 0 Å². The highest BCUT2D eigenvalue weighted by Crippen LogP contribution is 2.26. The number of hydrogen-bond acceptors (Lipinski definition) is 2. The smallest absolute Gasteiger partial charge is 0.0435 e. The Morgan fingerprint density at radius 3 is 2.36 bits per heavy atom. The Hall–Kier alpha value is -0.0800. The lowest BCUT2D eigenvalue weighted by atomic mass is 9.80. The van der Waals surface area contributed by atoms with Crippen molar-refractivity contribution >= 4 is 0 Å². The van der Waals surface area contributed by atoms with Gasteiger partial charge in [0.15, 0.2) is 0 Å². The molecule has 2 N–H and O–H groups in total. The van der Waals surface area contributed by atoms with Crippen molar-refractivity contribution in [3.63, 3.8) is 0 Å². The summed E-state index contributed by atoms with van der Waals surface area (Å²) < 4.78 is 0. The normalized spacial score (nSPS) is 21.2. The van der Waals surface area contributed by atoms with Crippen LogP contribution in [0, 0.1) is 5.92 Å². The fourth-order valence-electron chi connectivity index (χ4n) is 2.07. The highest BCUT2D eigenvalue weighted by atomic mass is 15.2. The standard InChI is InChI=1S/C12H26N2/c1-4-5-6-7-8-14-9-12(13,10-14)11(2)3/h11H,4-10,13H2,1-3H3. The summed E-state index contributed by atoms with van der Waals surface area (Å²) in [5, 5.41) is 0. The summed E-state index contributed by atoms with van der Waals surface area (Å²) in [5.74, 6) is 0.620. The van der Waals surface area contributed by atoms with Gasteiger partial charge in [-0.25, -0.2) is 0 Å².